The average Bonchev–Trinajstić information content (AvgIpc) is 2.74. The van der Waals surface area contributed by atoms with E-state index < -0.39 is 0 Å². The van der Waals surface area contributed by atoms with Gasteiger partial charge in [0.15, 0.2) is 0 Å². The van der Waals surface area contributed by atoms with Crippen molar-refractivity contribution in [3.63, 3.8) is 0 Å². The molecule has 4 nitrogen and oxygen atoms in total. The summed E-state index contributed by atoms with van der Waals surface area (Å²) in [5.41, 5.74) is 4.27. The third kappa shape index (κ3) is 3.88. The van der Waals surface area contributed by atoms with Crippen LogP contribution in [0.1, 0.15) is 42.9 Å². The first kappa shape index (κ1) is 18.6. The topological polar surface area (TPSA) is 41.6 Å². The Morgan fingerprint density at radius 2 is 1.90 bits per heavy atom. The van der Waals surface area contributed by atoms with E-state index >= 15 is 0 Å². The third-order valence-electron chi connectivity index (χ3n) is 6.76. The molecule has 3 aliphatic heterocycles. The van der Waals surface area contributed by atoms with Gasteiger partial charge >= 0.3 is 6.09 Å². The number of ether oxygens (including phenoxy) is 1. The molecule has 4 aliphatic rings. The van der Waals surface area contributed by atoms with Gasteiger partial charge in [-0.2, -0.15) is 0 Å². The number of alkyl carbamates (subject to hydrolysis) is 1. The van der Waals surface area contributed by atoms with Crippen LogP contribution in [0, 0.1) is 11.7 Å². The quantitative estimate of drug-likeness (QED) is 0.821. The van der Waals surface area contributed by atoms with Gasteiger partial charge in [0.25, 0.3) is 0 Å². The summed E-state index contributed by atoms with van der Waals surface area (Å²) >= 11 is 0. The zero-order valence-corrected chi connectivity index (χ0v) is 16.6. The molecule has 0 aromatic heterocycles. The van der Waals surface area contributed by atoms with E-state index in [9.17, 15) is 9.18 Å². The number of benzene rings is 2. The Hall–Kier alpha value is -2.40. The molecule has 5 heteroatoms. The first-order valence-electron chi connectivity index (χ1n) is 10.7. The summed E-state index contributed by atoms with van der Waals surface area (Å²) in [6.45, 7) is 3.14. The van der Waals surface area contributed by atoms with Gasteiger partial charge in [-0.05, 0) is 85.5 Å². The number of aryl methyl sites for hydroxylation is 1. The number of nitrogens with one attached hydrogen (secondary N) is 1. The van der Waals surface area contributed by atoms with Crippen LogP contribution in [-0.4, -0.2) is 36.7 Å². The third-order valence-corrected chi connectivity index (χ3v) is 6.76. The van der Waals surface area contributed by atoms with E-state index in [4.69, 9.17) is 4.74 Å². The van der Waals surface area contributed by atoms with Crippen LogP contribution < -0.4 is 5.32 Å². The van der Waals surface area contributed by atoms with Crippen LogP contribution >= 0.6 is 0 Å². The van der Waals surface area contributed by atoms with Gasteiger partial charge in [0.05, 0.1) is 6.04 Å². The Kier molecular flexibility index (Phi) is 5.00. The fourth-order valence-electron chi connectivity index (χ4n) is 5.17. The molecule has 2 bridgehead atoms. The number of carbonyl (C=O) groups excluding carboxylic acids is 1. The molecule has 3 heterocycles. The van der Waals surface area contributed by atoms with Crippen molar-refractivity contribution in [1.29, 1.82) is 0 Å². The lowest BCUT2D eigenvalue weighted by Crippen LogP contribution is -2.52. The van der Waals surface area contributed by atoms with Crippen molar-refractivity contribution >= 4 is 6.09 Å². The zero-order valence-electron chi connectivity index (χ0n) is 16.6. The predicted octanol–water partition coefficient (Wildman–Crippen LogP) is 4.69. The van der Waals surface area contributed by atoms with Crippen LogP contribution in [0.25, 0.3) is 11.1 Å². The number of fused-ring (bicyclic) bond motifs is 4. The van der Waals surface area contributed by atoms with E-state index in [0.29, 0.717) is 5.92 Å². The minimum Gasteiger partial charge on any atom is -0.445 e. The van der Waals surface area contributed by atoms with Gasteiger partial charge in [-0.1, -0.05) is 30.3 Å². The van der Waals surface area contributed by atoms with Crippen LogP contribution in [0.2, 0.25) is 0 Å². The number of amides is 1. The molecule has 0 saturated carbocycles. The number of piperidine rings is 3. The summed E-state index contributed by atoms with van der Waals surface area (Å²) in [5.74, 6) is 0.286. The molecule has 29 heavy (non-hydrogen) atoms. The Morgan fingerprint density at radius 1 is 1.07 bits per heavy atom. The molecule has 1 amide bonds. The summed E-state index contributed by atoms with van der Waals surface area (Å²) in [7, 11) is 0. The number of nitrogens with zero attached hydrogens (tertiary/aromatic N) is 1. The van der Waals surface area contributed by atoms with Gasteiger partial charge in [-0.15, -0.1) is 0 Å². The minimum atomic E-state index is -0.296. The Morgan fingerprint density at radius 3 is 2.66 bits per heavy atom. The standard InChI is InChI=1S/C24H27FN2O2/c25-20-5-1-3-17(14-20)18-7-8-21-19(13-18)4-2-6-22(21)26-24(28)29-23-15-27-11-9-16(23)10-12-27/h1,3,5,7-8,13-14,16,22-23H,2,4,6,9-12,15H2,(H,26,28)/t22?,23-/m1/s1. The molecule has 0 spiro atoms. The number of carbonyl (C=O) groups is 1. The molecule has 1 unspecified atom stereocenters. The highest BCUT2D eigenvalue weighted by molar-refractivity contribution is 5.69. The molecule has 2 atom stereocenters. The Labute approximate surface area is 171 Å². The molecule has 2 aromatic carbocycles. The largest absolute Gasteiger partial charge is 0.445 e. The van der Waals surface area contributed by atoms with Gasteiger partial charge in [0.1, 0.15) is 11.9 Å². The summed E-state index contributed by atoms with van der Waals surface area (Å²) in [4.78, 5) is 15.0. The molecule has 1 N–H and O–H groups in total. The van der Waals surface area contributed by atoms with Crippen LogP contribution in [0.3, 0.4) is 0 Å². The van der Waals surface area contributed by atoms with Crippen molar-refractivity contribution in [2.45, 2.75) is 44.2 Å². The second-order valence-electron chi connectivity index (χ2n) is 8.59. The minimum absolute atomic E-state index is 0.0195. The van der Waals surface area contributed by atoms with Gasteiger partial charge in [-0.3, -0.25) is 4.90 Å². The second-order valence-corrected chi connectivity index (χ2v) is 8.59. The van der Waals surface area contributed by atoms with Crippen LogP contribution in [0.5, 0.6) is 0 Å². The van der Waals surface area contributed by atoms with E-state index in [2.05, 4.69) is 22.3 Å². The molecular formula is C24H27FN2O2. The van der Waals surface area contributed by atoms with Crippen molar-refractivity contribution in [2.75, 3.05) is 19.6 Å². The van der Waals surface area contributed by atoms with Gasteiger partial charge < -0.3 is 10.1 Å². The van der Waals surface area contributed by atoms with Crippen molar-refractivity contribution in [1.82, 2.24) is 10.2 Å². The number of rotatable bonds is 3. The Bertz CT molecular complexity index is 908. The smallest absolute Gasteiger partial charge is 0.407 e. The van der Waals surface area contributed by atoms with E-state index in [1.54, 1.807) is 12.1 Å². The number of hydrogen-bond acceptors (Lipinski definition) is 3. The lowest BCUT2D eigenvalue weighted by molar-refractivity contribution is -0.0340. The zero-order chi connectivity index (χ0) is 19.8. The lowest BCUT2D eigenvalue weighted by atomic mass is 9.85. The molecule has 2 aromatic rings. The summed E-state index contributed by atoms with van der Waals surface area (Å²) in [5, 5.41) is 3.11. The summed E-state index contributed by atoms with van der Waals surface area (Å²) in [6, 6.07) is 12.9. The monoisotopic (exact) mass is 394 g/mol. The molecule has 6 rings (SSSR count). The average molecular weight is 394 g/mol. The fourth-order valence-corrected chi connectivity index (χ4v) is 5.17. The molecular weight excluding hydrogens is 367 g/mol. The summed E-state index contributed by atoms with van der Waals surface area (Å²) < 4.78 is 19.4. The Balaban J connectivity index is 1.28. The molecule has 152 valence electrons. The van der Waals surface area contributed by atoms with Gasteiger partial charge in [0, 0.05) is 6.54 Å². The normalized spacial score (nSPS) is 27.9. The fraction of sp³-hybridized carbons (Fsp3) is 0.458. The molecule has 0 radical (unpaired) electrons. The van der Waals surface area contributed by atoms with Gasteiger partial charge in [0.2, 0.25) is 0 Å². The lowest BCUT2D eigenvalue weighted by Gasteiger charge is -2.44. The SMILES string of the molecule is O=C(NC1CCCc2cc(-c3cccc(F)c3)ccc21)O[C@@H]1CN2CCC1CC2. The van der Waals surface area contributed by atoms with Gasteiger partial charge in [-0.25, -0.2) is 9.18 Å². The highest BCUT2D eigenvalue weighted by atomic mass is 19.1. The molecule has 3 fully saturated rings. The predicted molar refractivity (Wildman–Crippen MR) is 110 cm³/mol. The molecule has 3 saturated heterocycles. The van der Waals surface area contributed by atoms with E-state index in [0.717, 1.165) is 68.4 Å². The number of halogens is 1. The van der Waals surface area contributed by atoms with Crippen LogP contribution in [0.4, 0.5) is 9.18 Å². The summed E-state index contributed by atoms with van der Waals surface area (Å²) in [6.07, 6.45) is 4.91. The van der Waals surface area contributed by atoms with Crippen molar-refractivity contribution < 1.29 is 13.9 Å². The first-order chi connectivity index (χ1) is 14.2. The second kappa shape index (κ2) is 7.79. The van der Waals surface area contributed by atoms with Crippen molar-refractivity contribution in [3.05, 3.63) is 59.4 Å². The maximum atomic E-state index is 13.6. The molecule has 1 aliphatic carbocycles. The van der Waals surface area contributed by atoms with E-state index in [1.165, 1.54) is 11.6 Å². The van der Waals surface area contributed by atoms with Crippen molar-refractivity contribution in [3.8, 4) is 11.1 Å². The van der Waals surface area contributed by atoms with E-state index in [-0.39, 0.29) is 24.1 Å². The highest BCUT2D eigenvalue weighted by Gasteiger charge is 2.37. The first-order valence-corrected chi connectivity index (χ1v) is 10.7. The highest BCUT2D eigenvalue weighted by Crippen LogP contribution is 2.34. The maximum Gasteiger partial charge on any atom is 0.407 e. The number of hydrogen-bond donors (Lipinski definition) is 1. The van der Waals surface area contributed by atoms with Crippen LogP contribution in [0.15, 0.2) is 42.5 Å². The van der Waals surface area contributed by atoms with Crippen LogP contribution in [-0.2, 0) is 11.2 Å². The van der Waals surface area contributed by atoms with E-state index in [1.807, 2.05) is 12.1 Å². The van der Waals surface area contributed by atoms with Crippen molar-refractivity contribution in [2.24, 2.45) is 5.92 Å². The maximum absolute atomic E-state index is 13.6.